The molecule has 146 valence electrons. The molecular weight excluding hydrogens is 333 g/mol. The number of ether oxygens (including phenoxy) is 2. The maximum atomic E-state index is 14.2. The first kappa shape index (κ1) is 20.5. The van der Waals surface area contributed by atoms with Crippen molar-refractivity contribution in [1.82, 2.24) is 5.32 Å². The summed E-state index contributed by atoms with van der Waals surface area (Å²) in [6.45, 7) is 6.00. The molecule has 0 saturated heterocycles. The van der Waals surface area contributed by atoms with Gasteiger partial charge >= 0.3 is 6.09 Å². The summed E-state index contributed by atoms with van der Waals surface area (Å²) < 4.78 is 25.2. The minimum Gasteiger partial charge on any atom is -0.493 e. The number of carbonyl (C=O) groups excluding carboxylic acids is 1. The van der Waals surface area contributed by atoms with E-state index in [4.69, 9.17) is 9.47 Å². The highest BCUT2D eigenvalue weighted by atomic mass is 19.1. The first-order valence-electron chi connectivity index (χ1n) is 9.64. The number of alkyl halides is 1. The first-order valence-corrected chi connectivity index (χ1v) is 9.64. The minimum absolute atomic E-state index is 0.0674. The van der Waals surface area contributed by atoms with E-state index in [1.54, 1.807) is 20.8 Å². The van der Waals surface area contributed by atoms with Crippen molar-refractivity contribution in [1.29, 1.82) is 0 Å². The van der Waals surface area contributed by atoms with E-state index in [1.165, 1.54) is 32.1 Å². The molecule has 26 heavy (non-hydrogen) atoms. The monoisotopic (exact) mass is 365 g/mol. The Morgan fingerprint density at radius 3 is 2.69 bits per heavy atom. The van der Waals surface area contributed by atoms with E-state index in [-0.39, 0.29) is 13.0 Å². The molecule has 5 heteroatoms. The molecule has 1 unspecified atom stereocenters. The van der Waals surface area contributed by atoms with Crippen LogP contribution in [0.3, 0.4) is 0 Å². The maximum absolute atomic E-state index is 14.2. The number of alkyl carbamates (subject to hydrolysis) is 1. The van der Waals surface area contributed by atoms with Gasteiger partial charge in [0.1, 0.15) is 17.5 Å². The van der Waals surface area contributed by atoms with Crippen molar-refractivity contribution in [3.8, 4) is 5.75 Å². The van der Waals surface area contributed by atoms with Crippen molar-refractivity contribution in [2.24, 2.45) is 5.92 Å². The van der Waals surface area contributed by atoms with Crippen LogP contribution in [-0.2, 0) is 11.2 Å². The molecule has 0 heterocycles. The standard InChI is InChI=1S/C21H32FNO3/c1-21(2,3)26-20(24)23-14-18(22)12-17-10-7-11-19(13-17)25-15-16-8-5-4-6-9-16/h7,10-11,13,16,18H,4-6,8-9,12,14-15H2,1-3H3,(H,23,24). The van der Waals surface area contributed by atoms with Crippen LogP contribution in [0.25, 0.3) is 0 Å². The second-order valence-corrected chi connectivity index (χ2v) is 8.15. The van der Waals surface area contributed by atoms with Gasteiger partial charge in [-0.3, -0.25) is 0 Å². The van der Waals surface area contributed by atoms with Crippen LogP contribution in [0.4, 0.5) is 9.18 Å². The highest BCUT2D eigenvalue weighted by molar-refractivity contribution is 5.67. The molecule has 1 N–H and O–H groups in total. The van der Waals surface area contributed by atoms with E-state index in [2.05, 4.69) is 5.32 Å². The molecule has 2 rings (SSSR count). The normalized spacial score (nSPS) is 16.8. The van der Waals surface area contributed by atoms with Crippen molar-refractivity contribution < 1.29 is 18.7 Å². The van der Waals surface area contributed by atoms with Gasteiger partial charge in [-0.2, -0.15) is 0 Å². The van der Waals surface area contributed by atoms with Gasteiger partial charge in [0.15, 0.2) is 0 Å². The van der Waals surface area contributed by atoms with Gasteiger partial charge in [0.25, 0.3) is 0 Å². The largest absolute Gasteiger partial charge is 0.493 e. The average Bonchev–Trinajstić information content (AvgIpc) is 2.58. The molecule has 0 aromatic heterocycles. The smallest absolute Gasteiger partial charge is 0.407 e. The van der Waals surface area contributed by atoms with Gasteiger partial charge in [-0.05, 0) is 57.2 Å². The molecular formula is C21H32FNO3. The van der Waals surface area contributed by atoms with E-state index in [1.807, 2.05) is 24.3 Å². The van der Waals surface area contributed by atoms with Gasteiger partial charge < -0.3 is 14.8 Å². The van der Waals surface area contributed by atoms with Gasteiger partial charge in [-0.1, -0.05) is 31.4 Å². The number of nitrogens with one attached hydrogen (secondary N) is 1. The molecule has 4 nitrogen and oxygen atoms in total. The van der Waals surface area contributed by atoms with Crippen LogP contribution in [-0.4, -0.2) is 31.0 Å². The lowest BCUT2D eigenvalue weighted by Crippen LogP contribution is -2.36. The molecule has 1 atom stereocenters. The van der Waals surface area contributed by atoms with E-state index < -0.39 is 17.9 Å². The number of benzene rings is 1. The third-order valence-electron chi connectivity index (χ3n) is 4.43. The van der Waals surface area contributed by atoms with E-state index >= 15 is 0 Å². The summed E-state index contributed by atoms with van der Waals surface area (Å²) in [7, 11) is 0. The first-order chi connectivity index (χ1) is 12.3. The van der Waals surface area contributed by atoms with Crippen molar-refractivity contribution in [2.45, 2.75) is 71.1 Å². The molecule has 0 spiro atoms. The van der Waals surface area contributed by atoms with E-state index in [9.17, 15) is 9.18 Å². The van der Waals surface area contributed by atoms with Gasteiger partial charge in [0.2, 0.25) is 0 Å². The van der Waals surface area contributed by atoms with Crippen molar-refractivity contribution >= 4 is 6.09 Å². The summed E-state index contributed by atoms with van der Waals surface area (Å²) in [4.78, 5) is 11.6. The molecule has 1 aliphatic rings. The Morgan fingerprint density at radius 1 is 1.27 bits per heavy atom. The summed E-state index contributed by atoms with van der Waals surface area (Å²) >= 11 is 0. The second-order valence-electron chi connectivity index (χ2n) is 8.15. The van der Waals surface area contributed by atoms with E-state index in [0.29, 0.717) is 5.92 Å². The van der Waals surface area contributed by atoms with Crippen LogP contribution in [0.15, 0.2) is 24.3 Å². The minimum atomic E-state index is -1.17. The lowest BCUT2D eigenvalue weighted by Gasteiger charge is -2.22. The topological polar surface area (TPSA) is 47.6 Å². The maximum Gasteiger partial charge on any atom is 0.407 e. The van der Waals surface area contributed by atoms with Gasteiger partial charge in [-0.15, -0.1) is 0 Å². The number of amides is 1. The Balaban J connectivity index is 1.75. The molecule has 1 aromatic carbocycles. The molecule has 0 aliphatic heterocycles. The summed E-state index contributed by atoms with van der Waals surface area (Å²) in [6, 6.07) is 7.58. The number of hydrogen-bond acceptors (Lipinski definition) is 3. The van der Waals surface area contributed by atoms with Crippen LogP contribution < -0.4 is 10.1 Å². The number of rotatable bonds is 7. The van der Waals surface area contributed by atoms with Crippen molar-refractivity contribution in [3.05, 3.63) is 29.8 Å². The fourth-order valence-corrected chi connectivity index (χ4v) is 3.17. The van der Waals surface area contributed by atoms with E-state index in [0.717, 1.165) is 17.9 Å². The Labute approximate surface area is 156 Å². The second kappa shape index (κ2) is 9.79. The van der Waals surface area contributed by atoms with Crippen LogP contribution in [0, 0.1) is 5.92 Å². The summed E-state index contributed by atoms with van der Waals surface area (Å²) in [6.07, 6.45) is 4.87. The predicted octanol–water partition coefficient (Wildman–Crippen LogP) is 5.05. The number of hydrogen-bond donors (Lipinski definition) is 1. The fraction of sp³-hybridized carbons (Fsp3) is 0.667. The molecule has 1 amide bonds. The summed E-state index contributed by atoms with van der Waals surface area (Å²) in [5.41, 5.74) is 0.282. The highest BCUT2D eigenvalue weighted by Crippen LogP contribution is 2.25. The van der Waals surface area contributed by atoms with Crippen LogP contribution >= 0.6 is 0 Å². The molecule has 1 saturated carbocycles. The summed E-state index contributed by atoms with van der Waals surface area (Å²) in [5, 5.41) is 2.47. The van der Waals surface area contributed by atoms with Crippen LogP contribution in [0.2, 0.25) is 0 Å². The molecule has 0 radical (unpaired) electrons. The third-order valence-corrected chi connectivity index (χ3v) is 4.43. The molecule has 1 aliphatic carbocycles. The van der Waals surface area contributed by atoms with Crippen LogP contribution in [0.5, 0.6) is 5.75 Å². The SMILES string of the molecule is CC(C)(C)OC(=O)NCC(F)Cc1cccc(OCC2CCCCC2)c1. The quantitative estimate of drug-likeness (QED) is 0.735. The lowest BCUT2D eigenvalue weighted by molar-refractivity contribution is 0.0513. The third kappa shape index (κ3) is 8.07. The molecule has 0 bridgehead atoms. The average molecular weight is 365 g/mol. The Bertz CT molecular complexity index is 565. The molecule has 1 aromatic rings. The fourth-order valence-electron chi connectivity index (χ4n) is 3.17. The van der Waals surface area contributed by atoms with Crippen LogP contribution in [0.1, 0.15) is 58.4 Å². The molecule has 1 fully saturated rings. The van der Waals surface area contributed by atoms with Crippen molar-refractivity contribution in [3.63, 3.8) is 0 Å². The summed E-state index contributed by atoms with van der Waals surface area (Å²) in [5.74, 6) is 1.43. The number of carbonyl (C=O) groups is 1. The van der Waals surface area contributed by atoms with Gasteiger partial charge in [0.05, 0.1) is 13.2 Å². The zero-order valence-electron chi connectivity index (χ0n) is 16.2. The Morgan fingerprint density at radius 2 is 2.00 bits per heavy atom. The zero-order valence-corrected chi connectivity index (χ0v) is 16.2. The van der Waals surface area contributed by atoms with Crippen molar-refractivity contribution in [2.75, 3.05) is 13.2 Å². The highest BCUT2D eigenvalue weighted by Gasteiger charge is 2.18. The zero-order chi connectivity index (χ0) is 19.0. The lowest BCUT2D eigenvalue weighted by atomic mass is 9.90. The Hall–Kier alpha value is -1.78. The predicted molar refractivity (Wildman–Crippen MR) is 101 cm³/mol. The van der Waals surface area contributed by atoms with Gasteiger partial charge in [0, 0.05) is 6.42 Å². The van der Waals surface area contributed by atoms with Gasteiger partial charge in [-0.25, -0.2) is 9.18 Å². The number of halogens is 1. The Kier molecular flexibility index (Phi) is 7.73.